The van der Waals surface area contributed by atoms with Crippen molar-refractivity contribution in [1.82, 2.24) is 0 Å². The van der Waals surface area contributed by atoms with Gasteiger partial charge in [-0.3, -0.25) is 4.79 Å². The highest BCUT2D eigenvalue weighted by molar-refractivity contribution is 6.39. The van der Waals surface area contributed by atoms with Crippen LogP contribution >= 0.6 is 23.2 Å². The average Bonchev–Trinajstić information content (AvgIpc) is 2.70. The Labute approximate surface area is 188 Å². The summed E-state index contributed by atoms with van der Waals surface area (Å²) in [7, 11) is 0. The molecule has 1 N–H and O–H groups in total. The summed E-state index contributed by atoms with van der Waals surface area (Å²) < 4.78 is 13.8. The van der Waals surface area contributed by atoms with Crippen LogP contribution in [0.5, 0.6) is 0 Å². The van der Waals surface area contributed by atoms with Crippen molar-refractivity contribution >= 4 is 40.5 Å². The predicted molar refractivity (Wildman–Crippen MR) is 124 cm³/mol. The monoisotopic (exact) mass is 450 g/mol. The van der Waals surface area contributed by atoms with Crippen LogP contribution in [0.4, 0.5) is 15.8 Å². The number of halogens is 3. The number of aryl methyl sites for hydroxylation is 1. The van der Waals surface area contributed by atoms with E-state index in [1.807, 2.05) is 19.1 Å². The number of carbonyl (C=O) groups is 1. The van der Waals surface area contributed by atoms with Gasteiger partial charge in [-0.15, -0.1) is 0 Å². The summed E-state index contributed by atoms with van der Waals surface area (Å²) in [5.41, 5.74) is 2.29. The molecule has 1 heterocycles. The Bertz CT molecular complexity index is 856. The number of amides is 1. The molecule has 2 aromatic rings. The molecule has 1 atom stereocenters. The zero-order chi connectivity index (χ0) is 21.7. The van der Waals surface area contributed by atoms with Crippen molar-refractivity contribution in [2.45, 2.75) is 46.0 Å². The zero-order valence-electron chi connectivity index (χ0n) is 17.6. The summed E-state index contributed by atoms with van der Waals surface area (Å²) in [6.45, 7) is 5.73. The SMILES string of the molecule is CCc1cc(Cl)c(N2CCCC(C(C)C(=O)Nc3ccccc3F)CCC2)c(Cl)c1. The van der Waals surface area contributed by atoms with E-state index in [0.717, 1.165) is 56.4 Å². The first-order chi connectivity index (χ1) is 14.4. The number of para-hydroxylation sites is 1. The Kier molecular flexibility index (Phi) is 8.01. The molecule has 0 spiro atoms. The largest absolute Gasteiger partial charge is 0.369 e. The number of anilines is 2. The van der Waals surface area contributed by atoms with Crippen molar-refractivity contribution in [3.63, 3.8) is 0 Å². The zero-order valence-corrected chi connectivity index (χ0v) is 19.1. The molecule has 1 fully saturated rings. The van der Waals surface area contributed by atoms with E-state index in [2.05, 4.69) is 17.1 Å². The molecule has 3 rings (SSSR count). The molecule has 3 nitrogen and oxygen atoms in total. The van der Waals surface area contributed by atoms with Crippen LogP contribution in [0, 0.1) is 17.7 Å². The van der Waals surface area contributed by atoms with Crippen LogP contribution in [-0.4, -0.2) is 19.0 Å². The minimum Gasteiger partial charge on any atom is -0.369 e. The average molecular weight is 451 g/mol. The first kappa shape index (κ1) is 22.9. The van der Waals surface area contributed by atoms with Crippen molar-refractivity contribution in [3.05, 3.63) is 57.8 Å². The fourth-order valence-corrected chi connectivity index (χ4v) is 4.99. The molecule has 30 heavy (non-hydrogen) atoms. The first-order valence-electron chi connectivity index (χ1n) is 10.7. The fraction of sp³-hybridized carbons (Fsp3) is 0.458. The standard InChI is InChI=1S/C24H29Cl2FN2O/c1-3-17-14-19(25)23(20(26)15-17)29-12-6-8-18(9-7-13-29)16(2)24(30)28-22-11-5-4-10-21(22)27/h4-5,10-11,14-16,18H,3,6-9,12-13H2,1-2H3,(H,28,30). The molecule has 0 aromatic heterocycles. The minimum atomic E-state index is -0.408. The normalized spacial score (nSPS) is 16.6. The molecule has 1 aliphatic rings. The van der Waals surface area contributed by atoms with Crippen molar-refractivity contribution < 1.29 is 9.18 Å². The van der Waals surface area contributed by atoms with Crippen LogP contribution in [0.1, 0.15) is 45.1 Å². The summed E-state index contributed by atoms with van der Waals surface area (Å²) in [6.07, 6.45) is 4.66. The summed E-state index contributed by atoms with van der Waals surface area (Å²) >= 11 is 13.1. The lowest BCUT2D eigenvalue weighted by molar-refractivity contribution is -0.121. The maximum Gasteiger partial charge on any atom is 0.227 e. The fourth-order valence-electron chi connectivity index (χ4n) is 4.22. The number of carbonyl (C=O) groups excluding carboxylic acids is 1. The third kappa shape index (κ3) is 5.47. The minimum absolute atomic E-state index is 0.122. The molecule has 1 unspecified atom stereocenters. The van der Waals surface area contributed by atoms with E-state index in [0.29, 0.717) is 10.0 Å². The molecule has 0 bridgehead atoms. The Morgan fingerprint density at radius 1 is 1.17 bits per heavy atom. The molecule has 1 aliphatic heterocycles. The van der Waals surface area contributed by atoms with Crippen LogP contribution in [0.3, 0.4) is 0 Å². The van der Waals surface area contributed by atoms with Gasteiger partial charge < -0.3 is 10.2 Å². The van der Waals surface area contributed by atoms with E-state index in [1.54, 1.807) is 18.2 Å². The van der Waals surface area contributed by atoms with Gasteiger partial charge in [0.1, 0.15) is 5.82 Å². The number of hydrogen-bond donors (Lipinski definition) is 1. The second kappa shape index (κ2) is 10.5. The topological polar surface area (TPSA) is 32.3 Å². The highest BCUT2D eigenvalue weighted by atomic mass is 35.5. The molecular formula is C24H29Cl2FN2O. The van der Waals surface area contributed by atoms with E-state index in [4.69, 9.17) is 23.2 Å². The highest BCUT2D eigenvalue weighted by Crippen LogP contribution is 2.37. The molecule has 0 aliphatic carbocycles. The smallest absolute Gasteiger partial charge is 0.227 e. The van der Waals surface area contributed by atoms with Crippen molar-refractivity contribution in [1.29, 1.82) is 0 Å². The number of nitrogens with one attached hydrogen (secondary N) is 1. The molecule has 1 amide bonds. The molecule has 0 radical (unpaired) electrons. The van der Waals surface area contributed by atoms with Gasteiger partial charge in [-0.2, -0.15) is 0 Å². The maximum absolute atomic E-state index is 13.8. The molecule has 162 valence electrons. The maximum atomic E-state index is 13.8. The first-order valence-corrected chi connectivity index (χ1v) is 11.4. The lowest BCUT2D eigenvalue weighted by atomic mass is 9.84. The van der Waals surface area contributed by atoms with Crippen LogP contribution in [0.25, 0.3) is 0 Å². The molecular weight excluding hydrogens is 422 g/mol. The van der Waals surface area contributed by atoms with E-state index < -0.39 is 5.82 Å². The van der Waals surface area contributed by atoms with Gasteiger partial charge in [0.25, 0.3) is 0 Å². The van der Waals surface area contributed by atoms with E-state index in [1.165, 1.54) is 6.07 Å². The summed E-state index contributed by atoms with van der Waals surface area (Å²) in [5.74, 6) is -0.433. The number of benzene rings is 2. The second-order valence-electron chi connectivity index (χ2n) is 8.05. The molecule has 1 saturated heterocycles. The van der Waals surface area contributed by atoms with E-state index in [9.17, 15) is 9.18 Å². The summed E-state index contributed by atoms with van der Waals surface area (Å²) in [5, 5.41) is 4.15. The van der Waals surface area contributed by atoms with Gasteiger partial charge in [-0.05, 0) is 67.9 Å². The van der Waals surface area contributed by atoms with Gasteiger partial charge in [0.15, 0.2) is 0 Å². The quantitative estimate of drug-likeness (QED) is 0.533. The van der Waals surface area contributed by atoms with Crippen LogP contribution in [-0.2, 0) is 11.2 Å². The van der Waals surface area contributed by atoms with Crippen LogP contribution < -0.4 is 10.2 Å². The van der Waals surface area contributed by atoms with E-state index in [-0.39, 0.29) is 23.4 Å². The highest BCUT2D eigenvalue weighted by Gasteiger charge is 2.27. The van der Waals surface area contributed by atoms with Gasteiger partial charge in [0, 0.05) is 19.0 Å². The molecule has 2 aromatic carbocycles. The van der Waals surface area contributed by atoms with Gasteiger partial charge in [0.05, 0.1) is 21.4 Å². The van der Waals surface area contributed by atoms with Crippen molar-refractivity contribution in [2.75, 3.05) is 23.3 Å². The van der Waals surface area contributed by atoms with Gasteiger partial charge >= 0.3 is 0 Å². The number of hydrogen-bond acceptors (Lipinski definition) is 2. The third-order valence-corrected chi connectivity index (χ3v) is 6.64. The number of nitrogens with zero attached hydrogens (tertiary/aromatic N) is 1. The molecule has 0 saturated carbocycles. The lowest BCUT2D eigenvalue weighted by Gasteiger charge is -2.32. The Morgan fingerprint density at radius 3 is 2.33 bits per heavy atom. The van der Waals surface area contributed by atoms with Crippen LogP contribution in [0.15, 0.2) is 36.4 Å². The summed E-state index contributed by atoms with van der Waals surface area (Å²) in [4.78, 5) is 14.9. The van der Waals surface area contributed by atoms with Gasteiger partial charge in [-0.1, -0.05) is 49.2 Å². The lowest BCUT2D eigenvalue weighted by Crippen LogP contribution is -2.33. The van der Waals surface area contributed by atoms with E-state index >= 15 is 0 Å². The van der Waals surface area contributed by atoms with Gasteiger partial charge in [-0.25, -0.2) is 4.39 Å². The predicted octanol–water partition coefficient (Wildman–Crippen LogP) is 6.97. The van der Waals surface area contributed by atoms with Crippen LogP contribution in [0.2, 0.25) is 10.0 Å². The summed E-state index contributed by atoms with van der Waals surface area (Å²) in [6, 6.07) is 10.3. The van der Waals surface area contributed by atoms with Gasteiger partial charge in [0.2, 0.25) is 5.91 Å². The Morgan fingerprint density at radius 2 is 1.77 bits per heavy atom. The van der Waals surface area contributed by atoms with Crippen molar-refractivity contribution in [2.24, 2.45) is 11.8 Å². The second-order valence-corrected chi connectivity index (χ2v) is 8.87. The Hall–Kier alpha value is -1.78. The third-order valence-electron chi connectivity index (χ3n) is 6.06. The Balaban J connectivity index is 1.61. The molecule has 6 heteroatoms. The number of rotatable bonds is 5. The van der Waals surface area contributed by atoms with Crippen molar-refractivity contribution in [3.8, 4) is 0 Å².